The minimum absolute atomic E-state index is 0.00435. The zero-order valence-corrected chi connectivity index (χ0v) is 8.92. The van der Waals surface area contributed by atoms with Crippen molar-refractivity contribution in [2.45, 2.75) is 38.9 Å². The van der Waals surface area contributed by atoms with E-state index in [1.165, 1.54) is 0 Å². The molecule has 0 saturated carbocycles. The quantitative estimate of drug-likeness (QED) is 0.711. The van der Waals surface area contributed by atoms with Crippen molar-refractivity contribution in [3.8, 4) is 0 Å². The van der Waals surface area contributed by atoms with Crippen molar-refractivity contribution in [2.24, 2.45) is 0 Å². The van der Waals surface area contributed by atoms with Crippen LogP contribution in [0.25, 0.3) is 0 Å². The lowest BCUT2D eigenvalue weighted by atomic mass is 10.1. The third-order valence-electron chi connectivity index (χ3n) is 2.30. The van der Waals surface area contributed by atoms with Crippen LogP contribution in [0.3, 0.4) is 0 Å². The van der Waals surface area contributed by atoms with Crippen LogP contribution in [0.2, 0.25) is 0 Å². The molecule has 1 fully saturated rings. The molecule has 1 N–H and O–H groups in total. The van der Waals surface area contributed by atoms with Crippen LogP contribution in [0.15, 0.2) is 0 Å². The second-order valence-corrected chi connectivity index (χ2v) is 4.42. The van der Waals surface area contributed by atoms with E-state index in [-0.39, 0.29) is 18.3 Å². The molecule has 0 aromatic carbocycles. The minimum Gasteiger partial charge on any atom is -0.394 e. The van der Waals surface area contributed by atoms with Gasteiger partial charge in [-0.3, -0.25) is 4.90 Å². The SMILES string of the molecule is CCCN1CC(CO)OC(C)(C)C1. The molecule has 0 aromatic heterocycles. The lowest BCUT2D eigenvalue weighted by Crippen LogP contribution is -2.53. The van der Waals surface area contributed by atoms with E-state index in [2.05, 4.69) is 25.7 Å². The molecule has 0 aliphatic carbocycles. The van der Waals surface area contributed by atoms with Gasteiger partial charge in [0.15, 0.2) is 0 Å². The summed E-state index contributed by atoms with van der Waals surface area (Å²) >= 11 is 0. The maximum Gasteiger partial charge on any atom is 0.0940 e. The van der Waals surface area contributed by atoms with Crippen molar-refractivity contribution >= 4 is 0 Å². The van der Waals surface area contributed by atoms with Crippen LogP contribution >= 0.6 is 0 Å². The summed E-state index contributed by atoms with van der Waals surface area (Å²) in [7, 11) is 0. The van der Waals surface area contributed by atoms with Gasteiger partial charge < -0.3 is 9.84 Å². The average Bonchev–Trinajstić information content (AvgIpc) is 2.02. The molecule has 3 heteroatoms. The van der Waals surface area contributed by atoms with Gasteiger partial charge in [0.2, 0.25) is 0 Å². The molecule has 0 amide bonds. The molecule has 1 saturated heterocycles. The average molecular weight is 187 g/mol. The first kappa shape index (κ1) is 11.0. The molecule has 0 aromatic rings. The molecule has 78 valence electrons. The van der Waals surface area contributed by atoms with E-state index < -0.39 is 0 Å². The van der Waals surface area contributed by atoms with Crippen molar-refractivity contribution in [1.29, 1.82) is 0 Å². The Kier molecular flexibility index (Phi) is 3.71. The second kappa shape index (κ2) is 4.40. The molecule has 1 atom stereocenters. The molecule has 1 heterocycles. The molecular weight excluding hydrogens is 166 g/mol. The fraction of sp³-hybridized carbons (Fsp3) is 1.00. The topological polar surface area (TPSA) is 32.7 Å². The summed E-state index contributed by atoms with van der Waals surface area (Å²) < 4.78 is 5.71. The van der Waals surface area contributed by atoms with Crippen molar-refractivity contribution in [3.05, 3.63) is 0 Å². The molecule has 13 heavy (non-hydrogen) atoms. The van der Waals surface area contributed by atoms with Crippen molar-refractivity contribution < 1.29 is 9.84 Å². The predicted octanol–water partition coefficient (Wildman–Crippen LogP) is 0.868. The zero-order valence-electron chi connectivity index (χ0n) is 8.92. The van der Waals surface area contributed by atoms with Crippen LogP contribution in [0.1, 0.15) is 27.2 Å². The monoisotopic (exact) mass is 187 g/mol. The first-order valence-electron chi connectivity index (χ1n) is 5.08. The summed E-state index contributed by atoms with van der Waals surface area (Å²) in [6, 6.07) is 0. The summed E-state index contributed by atoms with van der Waals surface area (Å²) in [4.78, 5) is 2.37. The van der Waals surface area contributed by atoms with Gasteiger partial charge in [-0.2, -0.15) is 0 Å². The molecule has 0 bridgehead atoms. The number of rotatable bonds is 3. The Bertz CT molecular complexity index is 159. The van der Waals surface area contributed by atoms with Gasteiger partial charge in [0, 0.05) is 13.1 Å². The van der Waals surface area contributed by atoms with E-state index >= 15 is 0 Å². The van der Waals surface area contributed by atoms with Crippen molar-refractivity contribution in [1.82, 2.24) is 4.90 Å². The number of ether oxygens (including phenoxy) is 1. The Morgan fingerprint density at radius 3 is 2.77 bits per heavy atom. The highest BCUT2D eigenvalue weighted by molar-refractivity contribution is 4.83. The number of hydrogen-bond donors (Lipinski definition) is 1. The van der Waals surface area contributed by atoms with Crippen LogP contribution < -0.4 is 0 Å². The standard InChI is InChI=1S/C10H21NO2/c1-4-5-11-6-9(7-12)13-10(2,3)8-11/h9,12H,4-8H2,1-3H3. The normalized spacial score (nSPS) is 29.1. The van der Waals surface area contributed by atoms with E-state index in [0.717, 1.165) is 26.1 Å². The molecule has 0 spiro atoms. The van der Waals surface area contributed by atoms with Gasteiger partial charge in [0.25, 0.3) is 0 Å². The molecule has 1 aliphatic rings. The fourth-order valence-corrected chi connectivity index (χ4v) is 2.00. The van der Waals surface area contributed by atoms with Gasteiger partial charge in [-0.05, 0) is 26.8 Å². The molecule has 1 unspecified atom stereocenters. The lowest BCUT2D eigenvalue weighted by Gasteiger charge is -2.42. The van der Waals surface area contributed by atoms with Crippen LogP contribution in [0, 0.1) is 0 Å². The van der Waals surface area contributed by atoms with Gasteiger partial charge >= 0.3 is 0 Å². The maximum atomic E-state index is 9.06. The maximum absolute atomic E-state index is 9.06. The Balaban J connectivity index is 2.49. The third kappa shape index (κ3) is 3.25. The number of aliphatic hydroxyl groups is 1. The van der Waals surface area contributed by atoms with E-state index in [9.17, 15) is 0 Å². The fourth-order valence-electron chi connectivity index (χ4n) is 2.00. The smallest absolute Gasteiger partial charge is 0.0940 e. The Morgan fingerprint density at radius 1 is 1.54 bits per heavy atom. The summed E-state index contributed by atoms with van der Waals surface area (Å²) in [5.74, 6) is 0. The van der Waals surface area contributed by atoms with Crippen LogP contribution in [0.4, 0.5) is 0 Å². The van der Waals surface area contributed by atoms with Gasteiger partial charge in [-0.1, -0.05) is 6.92 Å². The Labute approximate surface area is 80.7 Å². The molecular formula is C10H21NO2. The van der Waals surface area contributed by atoms with E-state index in [0.29, 0.717) is 0 Å². The number of nitrogens with zero attached hydrogens (tertiary/aromatic N) is 1. The highest BCUT2D eigenvalue weighted by Gasteiger charge is 2.32. The Morgan fingerprint density at radius 2 is 2.23 bits per heavy atom. The van der Waals surface area contributed by atoms with Crippen LogP contribution in [-0.4, -0.2) is 48.0 Å². The number of hydrogen-bond acceptors (Lipinski definition) is 3. The van der Waals surface area contributed by atoms with E-state index in [1.807, 2.05) is 0 Å². The van der Waals surface area contributed by atoms with Gasteiger partial charge in [0.1, 0.15) is 0 Å². The first-order valence-corrected chi connectivity index (χ1v) is 5.08. The molecule has 1 rings (SSSR count). The third-order valence-corrected chi connectivity index (χ3v) is 2.30. The van der Waals surface area contributed by atoms with E-state index in [1.54, 1.807) is 0 Å². The Hall–Kier alpha value is -0.120. The number of morpholine rings is 1. The summed E-state index contributed by atoms with van der Waals surface area (Å²) in [6.07, 6.45) is 1.16. The summed E-state index contributed by atoms with van der Waals surface area (Å²) in [6.45, 7) is 9.41. The molecule has 1 aliphatic heterocycles. The first-order chi connectivity index (χ1) is 6.07. The summed E-state index contributed by atoms with van der Waals surface area (Å²) in [5.41, 5.74) is -0.110. The molecule has 3 nitrogen and oxygen atoms in total. The summed E-state index contributed by atoms with van der Waals surface area (Å²) in [5, 5.41) is 9.06. The number of aliphatic hydroxyl groups excluding tert-OH is 1. The van der Waals surface area contributed by atoms with Gasteiger partial charge in [-0.15, -0.1) is 0 Å². The largest absolute Gasteiger partial charge is 0.394 e. The second-order valence-electron chi connectivity index (χ2n) is 4.42. The predicted molar refractivity (Wildman–Crippen MR) is 52.8 cm³/mol. The van der Waals surface area contributed by atoms with Crippen LogP contribution in [0.5, 0.6) is 0 Å². The van der Waals surface area contributed by atoms with Crippen molar-refractivity contribution in [3.63, 3.8) is 0 Å². The van der Waals surface area contributed by atoms with Crippen molar-refractivity contribution in [2.75, 3.05) is 26.2 Å². The lowest BCUT2D eigenvalue weighted by molar-refractivity contribution is -0.148. The minimum atomic E-state index is -0.110. The molecule has 0 radical (unpaired) electrons. The van der Waals surface area contributed by atoms with E-state index in [4.69, 9.17) is 9.84 Å². The highest BCUT2D eigenvalue weighted by atomic mass is 16.5. The zero-order chi connectivity index (χ0) is 9.90. The van der Waals surface area contributed by atoms with Crippen LogP contribution in [-0.2, 0) is 4.74 Å². The van der Waals surface area contributed by atoms with Gasteiger partial charge in [-0.25, -0.2) is 0 Å². The van der Waals surface area contributed by atoms with Gasteiger partial charge in [0.05, 0.1) is 18.3 Å². The highest BCUT2D eigenvalue weighted by Crippen LogP contribution is 2.20.